The highest BCUT2D eigenvalue weighted by Crippen LogP contribution is 2.20. The van der Waals surface area contributed by atoms with Gasteiger partial charge in [-0.1, -0.05) is 22.9 Å². The van der Waals surface area contributed by atoms with E-state index in [1.54, 1.807) is 0 Å². The Morgan fingerprint density at radius 3 is 2.90 bits per heavy atom. The summed E-state index contributed by atoms with van der Waals surface area (Å²) < 4.78 is 5.24. The Morgan fingerprint density at radius 1 is 1.80 bits per heavy atom. The average molecular weight is 207 g/mol. The molecule has 0 unspecified atom stereocenters. The van der Waals surface area contributed by atoms with Crippen LogP contribution >= 0.6 is 15.9 Å². The molecule has 58 valence electrons. The second-order valence-electron chi connectivity index (χ2n) is 2.66. The lowest BCUT2D eigenvalue weighted by atomic mass is 10.0. The molecule has 1 aliphatic rings. The van der Waals surface area contributed by atoms with Crippen molar-refractivity contribution < 1.29 is 9.53 Å². The van der Waals surface area contributed by atoms with Gasteiger partial charge in [-0.05, 0) is 12.3 Å². The maximum absolute atomic E-state index is 11.1. The number of alkyl halides is 1. The monoisotopic (exact) mass is 206 g/mol. The number of carbonyl (C=O) groups excluding carboxylic acids is 1. The summed E-state index contributed by atoms with van der Waals surface area (Å²) >= 11 is 3.12. The van der Waals surface area contributed by atoms with Crippen LogP contribution in [0.2, 0.25) is 0 Å². The summed E-state index contributed by atoms with van der Waals surface area (Å²) in [5.74, 6) is 0.579. The van der Waals surface area contributed by atoms with Crippen molar-refractivity contribution in [2.75, 3.05) is 11.9 Å². The smallest absolute Gasteiger partial charge is 0.172 e. The van der Waals surface area contributed by atoms with Gasteiger partial charge in [0.1, 0.15) is 6.10 Å². The van der Waals surface area contributed by atoms with Crippen molar-refractivity contribution in [3.63, 3.8) is 0 Å². The molecule has 2 nitrogen and oxygen atoms in total. The van der Waals surface area contributed by atoms with E-state index in [0.29, 0.717) is 11.2 Å². The molecule has 1 heterocycles. The molecular formula is C7H11BrO2. The Balaban J connectivity index is 2.46. The highest BCUT2D eigenvalue weighted by molar-refractivity contribution is 9.09. The summed E-state index contributed by atoms with van der Waals surface area (Å²) in [6.45, 7) is 2.79. The van der Waals surface area contributed by atoms with Gasteiger partial charge >= 0.3 is 0 Å². The minimum atomic E-state index is -0.139. The van der Waals surface area contributed by atoms with Gasteiger partial charge in [-0.2, -0.15) is 0 Å². The SMILES string of the molecule is C[C@@H]1CCO[C@@H]1C(=O)CBr. The molecule has 0 bridgehead atoms. The fraction of sp³-hybridized carbons (Fsp3) is 0.857. The van der Waals surface area contributed by atoms with E-state index in [9.17, 15) is 4.79 Å². The molecule has 0 saturated carbocycles. The van der Waals surface area contributed by atoms with Gasteiger partial charge in [-0.3, -0.25) is 4.79 Å². The summed E-state index contributed by atoms with van der Waals surface area (Å²) in [7, 11) is 0. The number of rotatable bonds is 2. The minimum absolute atomic E-state index is 0.139. The zero-order valence-corrected chi connectivity index (χ0v) is 7.56. The van der Waals surface area contributed by atoms with Crippen molar-refractivity contribution in [3.05, 3.63) is 0 Å². The lowest BCUT2D eigenvalue weighted by Crippen LogP contribution is -2.25. The molecule has 1 saturated heterocycles. The van der Waals surface area contributed by atoms with Crippen molar-refractivity contribution in [1.82, 2.24) is 0 Å². The molecule has 1 fully saturated rings. The van der Waals surface area contributed by atoms with Crippen molar-refractivity contribution in [2.45, 2.75) is 19.4 Å². The highest BCUT2D eigenvalue weighted by atomic mass is 79.9. The zero-order valence-electron chi connectivity index (χ0n) is 5.97. The van der Waals surface area contributed by atoms with Crippen LogP contribution in [0.15, 0.2) is 0 Å². The predicted molar refractivity (Wildman–Crippen MR) is 42.3 cm³/mol. The standard InChI is InChI=1S/C7H11BrO2/c1-5-2-3-10-7(5)6(9)4-8/h5,7H,2-4H2,1H3/t5-,7+/m1/s1. The second-order valence-corrected chi connectivity index (χ2v) is 3.22. The average Bonchev–Trinajstić information content (AvgIpc) is 2.34. The number of hydrogen-bond acceptors (Lipinski definition) is 2. The van der Waals surface area contributed by atoms with Crippen LogP contribution in [-0.2, 0) is 9.53 Å². The minimum Gasteiger partial charge on any atom is -0.370 e. The lowest BCUT2D eigenvalue weighted by Gasteiger charge is -2.10. The Labute approximate surface area is 69.1 Å². The first-order chi connectivity index (χ1) is 4.75. The van der Waals surface area contributed by atoms with Crippen molar-refractivity contribution in [2.24, 2.45) is 5.92 Å². The molecular weight excluding hydrogens is 196 g/mol. The van der Waals surface area contributed by atoms with Gasteiger partial charge in [0, 0.05) is 6.61 Å². The number of hydrogen-bond donors (Lipinski definition) is 0. The molecule has 0 aromatic rings. The molecule has 0 amide bonds. The third kappa shape index (κ3) is 1.58. The summed E-state index contributed by atoms with van der Waals surface area (Å²) in [6.07, 6.45) is 0.878. The number of Topliss-reactive ketones (excluding diaryl/α,β-unsaturated/α-hetero) is 1. The summed E-state index contributed by atoms with van der Waals surface area (Å²) in [6, 6.07) is 0. The van der Waals surface area contributed by atoms with Crippen LogP contribution in [-0.4, -0.2) is 23.8 Å². The van der Waals surface area contributed by atoms with Gasteiger partial charge in [0.15, 0.2) is 5.78 Å². The van der Waals surface area contributed by atoms with E-state index in [4.69, 9.17) is 4.74 Å². The number of carbonyl (C=O) groups is 1. The van der Waals surface area contributed by atoms with Crippen LogP contribution in [0, 0.1) is 5.92 Å². The Morgan fingerprint density at radius 2 is 2.50 bits per heavy atom. The predicted octanol–water partition coefficient (Wildman–Crippen LogP) is 1.38. The van der Waals surface area contributed by atoms with Crippen molar-refractivity contribution in [1.29, 1.82) is 0 Å². The third-order valence-electron chi connectivity index (χ3n) is 1.84. The van der Waals surface area contributed by atoms with E-state index in [-0.39, 0.29) is 11.9 Å². The molecule has 0 spiro atoms. The topological polar surface area (TPSA) is 26.3 Å². The first-order valence-electron chi connectivity index (χ1n) is 3.46. The van der Waals surface area contributed by atoms with Gasteiger partial charge in [0.2, 0.25) is 0 Å². The van der Waals surface area contributed by atoms with Gasteiger partial charge < -0.3 is 4.74 Å². The van der Waals surface area contributed by atoms with Crippen LogP contribution in [0.4, 0.5) is 0 Å². The fourth-order valence-electron chi connectivity index (χ4n) is 1.18. The molecule has 3 heteroatoms. The lowest BCUT2D eigenvalue weighted by molar-refractivity contribution is -0.126. The van der Waals surface area contributed by atoms with Gasteiger partial charge in [0.25, 0.3) is 0 Å². The van der Waals surface area contributed by atoms with Crippen LogP contribution < -0.4 is 0 Å². The quantitative estimate of drug-likeness (QED) is 0.639. The molecule has 2 atom stereocenters. The van der Waals surface area contributed by atoms with Crippen molar-refractivity contribution >= 4 is 21.7 Å². The fourth-order valence-corrected chi connectivity index (χ4v) is 1.50. The molecule has 0 N–H and O–H groups in total. The van der Waals surface area contributed by atoms with E-state index in [1.165, 1.54) is 0 Å². The van der Waals surface area contributed by atoms with Gasteiger partial charge in [-0.15, -0.1) is 0 Å². The van der Waals surface area contributed by atoms with Crippen molar-refractivity contribution in [3.8, 4) is 0 Å². The van der Waals surface area contributed by atoms with Gasteiger partial charge in [-0.25, -0.2) is 0 Å². The summed E-state index contributed by atoms with van der Waals surface area (Å²) in [5, 5.41) is 0.419. The maximum atomic E-state index is 11.1. The number of ether oxygens (including phenoxy) is 1. The number of halogens is 1. The maximum Gasteiger partial charge on any atom is 0.172 e. The molecule has 0 aromatic carbocycles. The first kappa shape index (κ1) is 8.21. The first-order valence-corrected chi connectivity index (χ1v) is 4.58. The molecule has 10 heavy (non-hydrogen) atoms. The molecule has 1 aliphatic heterocycles. The van der Waals surface area contributed by atoms with Crippen LogP contribution in [0.1, 0.15) is 13.3 Å². The summed E-state index contributed by atoms with van der Waals surface area (Å²) in [4.78, 5) is 11.1. The molecule has 0 aliphatic carbocycles. The van der Waals surface area contributed by atoms with Crippen LogP contribution in [0.5, 0.6) is 0 Å². The molecule has 0 radical (unpaired) electrons. The molecule has 0 aromatic heterocycles. The number of ketones is 1. The van der Waals surface area contributed by atoms with Gasteiger partial charge in [0.05, 0.1) is 5.33 Å². The molecule has 1 rings (SSSR count). The zero-order chi connectivity index (χ0) is 7.56. The van der Waals surface area contributed by atoms with E-state index in [2.05, 4.69) is 22.9 Å². The normalized spacial score (nSPS) is 32.6. The second kappa shape index (κ2) is 3.49. The van der Waals surface area contributed by atoms with Crippen LogP contribution in [0.3, 0.4) is 0 Å². The Bertz CT molecular complexity index is 136. The highest BCUT2D eigenvalue weighted by Gasteiger charge is 2.29. The van der Waals surface area contributed by atoms with E-state index in [0.717, 1.165) is 13.0 Å². The summed E-state index contributed by atoms with van der Waals surface area (Å²) in [5.41, 5.74) is 0. The van der Waals surface area contributed by atoms with E-state index >= 15 is 0 Å². The van der Waals surface area contributed by atoms with E-state index < -0.39 is 0 Å². The Hall–Kier alpha value is 0.110. The third-order valence-corrected chi connectivity index (χ3v) is 2.39. The largest absolute Gasteiger partial charge is 0.370 e. The van der Waals surface area contributed by atoms with E-state index in [1.807, 2.05) is 0 Å². The van der Waals surface area contributed by atoms with Crippen LogP contribution in [0.25, 0.3) is 0 Å². The Kier molecular flexibility index (Phi) is 2.86.